The van der Waals surface area contributed by atoms with E-state index in [1.807, 2.05) is 25.5 Å². The van der Waals surface area contributed by atoms with Gasteiger partial charge >= 0.3 is 0 Å². The molecule has 0 radical (unpaired) electrons. The maximum absolute atomic E-state index is 12.5. The first-order chi connectivity index (χ1) is 11.1. The monoisotopic (exact) mass is 353 g/mol. The molecule has 0 unspecified atom stereocenters. The van der Waals surface area contributed by atoms with Crippen molar-refractivity contribution in [3.63, 3.8) is 0 Å². The second-order valence-corrected chi connectivity index (χ2v) is 8.35. The van der Waals surface area contributed by atoms with Crippen LogP contribution in [0.5, 0.6) is 0 Å². The van der Waals surface area contributed by atoms with E-state index in [0.29, 0.717) is 31.2 Å². The van der Waals surface area contributed by atoms with Gasteiger partial charge in [0.1, 0.15) is 4.90 Å². The maximum atomic E-state index is 12.5. The van der Waals surface area contributed by atoms with Crippen molar-refractivity contribution in [2.24, 2.45) is 5.92 Å². The summed E-state index contributed by atoms with van der Waals surface area (Å²) in [6, 6.07) is 0. The van der Waals surface area contributed by atoms with Gasteiger partial charge in [-0.3, -0.25) is 9.36 Å². The van der Waals surface area contributed by atoms with Gasteiger partial charge in [-0.15, -0.1) is 0 Å². The number of nitrogens with zero attached hydrogens (tertiary/aromatic N) is 4. The molecule has 0 fully saturated rings. The van der Waals surface area contributed by atoms with Gasteiger partial charge in [0.05, 0.1) is 17.9 Å². The van der Waals surface area contributed by atoms with Crippen LogP contribution in [0.25, 0.3) is 0 Å². The minimum absolute atomic E-state index is 0.243. The molecule has 0 bridgehead atoms. The van der Waals surface area contributed by atoms with Crippen molar-refractivity contribution >= 4 is 10.0 Å². The third kappa shape index (κ3) is 4.05. The highest BCUT2D eigenvalue weighted by Gasteiger charge is 2.20. The van der Waals surface area contributed by atoms with Crippen molar-refractivity contribution in [2.75, 3.05) is 6.54 Å². The lowest BCUT2D eigenvalue weighted by Gasteiger charge is -2.07. The van der Waals surface area contributed by atoms with Crippen molar-refractivity contribution in [2.45, 2.75) is 59.5 Å². The topological polar surface area (TPSA) is 81.8 Å². The van der Waals surface area contributed by atoms with Crippen molar-refractivity contribution in [1.29, 1.82) is 0 Å². The molecule has 8 heteroatoms. The Morgan fingerprint density at radius 3 is 2.33 bits per heavy atom. The summed E-state index contributed by atoms with van der Waals surface area (Å²) in [6.45, 7) is 13.3. The second-order valence-electron chi connectivity index (χ2n) is 6.61. The van der Waals surface area contributed by atoms with Crippen molar-refractivity contribution in [3.8, 4) is 0 Å². The van der Waals surface area contributed by atoms with Gasteiger partial charge in [-0.25, -0.2) is 13.1 Å². The highest BCUT2D eigenvalue weighted by Crippen LogP contribution is 2.14. The second kappa shape index (κ2) is 7.06. The van der Waals surface area contributed by atoms with E-state index in [1.54, 1.807) is 17.8 Å². The summed E-state index contributed by atoms with van der Waals surface area (Å²) in [5.74, 6) is 0.405. The number of rotatable bonds is 7. The summed E-state index contributed by atoms with van der Waals surface area (Å²) in [6.07, 6.45) is 1.60. The fourth-order valence-electron chi connectivity index (χ4n) is 2.60. The molecule has 0 saturated heterocycles. The summed E-state index contributed by atoms with van der Waals surface area (Å²) in [4.78, 5) is 0.243. The quantitative estimate of drug-likeness (QED) is 0.825. The molecule has 2 heterocycles. The Morgan fingerprint density at radius 1 is 1.12 bits per heavy atom. The Morgan fingerprint density at radius 2 is 1.79 bits per heavy atom. The average Bonchev–Trinajstić information content (AvgIpc) is 2.94. The predicted octanol–water partition coefficient (Wildman–Crippen LogP) is 1.95. The van der Waals surface area contributed by atoms with E-state index >= 15 is 0 Å². The number of sulfonamides is 1. The summed E-state index contributed by atoms with van der Waals surface area (Å²) < 4.78 is 31.2. The molecule has 0 saturated carbocycles. The van der Waals surface area contributed by atoms with Gasteiger partial charge < -0.3 is 0 Å². The van der Waals surface area contributed by atoms with Gasteiger partial charge in [-0.2, -0.15) is 10.2 Å². The third-order valence-corrected chi connectivity index (χ3v) is 5.67. The highest BCUT2D eigenvalue weighted by atomic mass is 32.2. The SMILES string of the molecule is Cc1nn(CC(C)C)cc1S(=O)(=O)NCCn1nc(C)c(C)c1C. The Labute approximate surface area is 144 Å². The lowest BCUT2D eigenvalue weighted by atomic mass is 10.2. The standard InChI is InChI=1S/C16H27N5O2S/c1-11(2)9-20-10-16(14(5)18-20)24(22,23)17-7-8-21-15(6)12(3)13(4)19-21/h10-11,17H,7-9H2,1-6H3. The lowest BCUT2D eigenvalue weighted by molar-refractivity contribution is 0.480. The summed E-state index contributed by atoms with van der Waals surface area (Å²) >= 11 is 0. The Bertz CT molecular complexity index is 818. The van der Waals surface area contributed by atoms with Crippen LogP contribution in [0.2, 0.25) is 0 Å². The van der Waals surface area contributed by atoms with E-state index in [2.05, 4.69) is 28.8 Å². The molecule has 1 N–H and O–H groups in total. The number of aromatic nitrogens is 4. The van der Waals surface area contributed by atoms with Crippen LogP contribution < -0.4 is 4.72 Å². The van der Waals surface area contributed by atoms with Crippen LogP contribution in [0.1, 0.15) is 36.5 Å². The zero-order valence-corrected chi connectivity index (χ0v) is 16.1. The minimum Gasteiger partial charge on any atom is -0.271 e. The van der Waals surface area contributed by atoms with E-state index in [4.69, 9.17) is 0 Å². The number of aryl methyl sites for hydroxylation is 2. The smallest absolute Gasteiger partial charge is 0.244 e. The van der Waals surface area contributed by atoms with Crippen LogP contribution in [0.3, 0.4) is 0 Å². The van der Waals surface area contributed by atoms with Crippen LogP contribution in [0.4, 0.5) is 0 Å². The molecule has 24 heavy (non-hydrogen) atoms. The average molecular weight is 353 g/mol. The minimum atomic E-state index is -3.57. The molecule has 0 aliphatic heterocycles. The normalized spacial score (nSPS) is 12.3. The van der Waals surface area contributed by atoms with Gasteiger partial charge in [0.25, 0.3) is 0 Å². The fourth-order valence-corrected chi connectivity index (χ4v) is 3.80. The molecule has 0 aromatic carbocycles. The summed E-state index contributed by atoms with van der Waals surface area (Å²) in [5, 5.41) is 8.71. The molecule has 0 atom stereocenters. The van der Waals surface area contributed by atoms with E-state index < -0.39 is 10.0 Å². The maximum Gasteiger partial charge on any atom is 0.244 e. The molecule has 0 aliphatic rings. The van der Waals surface area contributed by atoms with E-state index in [1.165, 1.54) is 0 Å². The molecular weight excluding hydrogens is 326 g/mol. The van der Waals surface area contributed by atoms with Crippen LogP contribution in [-0.4, -0.2) is 34.5 Å². The zero-order valence-electron chi connectivity index (χ0n) is 15.3. The Kier molecular flexibility index (Phi) is 5.49. The molecule has 0 amide bonds. The molecular formula is C16H27N5O2S. The molecule has 2 aromatic rings. The fraction of sp³-hybridized carbons (Fsp3) is 0.625. The predicted molar refractivity (Wildman–Crippen MR) is 93.4 cm³/mol. The zero-order chi connectivity index (χ0) is 18.1. The third-order valence-electron chi connectivity index (χ3n) is 4.10. The largest absolute Gasteiger partial charge is 0.271 e. The molecule has 7 nitrogen and oxygen atoms in total. The first kappa shape index (κ1) is 18.7. The lowest BCUT2D eigenvalue weighted by Crippen LogP contribution is -2.28. The van der Waals surface area contributed by atoms with Crippen LogP contribution in [-0.2, 0) is 23.1 Å². The van der Waals surface area contributed by atoms with Crippen LogP contribution in [0.15, 0.2) is 11.1 Å². The van der Waals surface area contributed by atoms with Crippen molar-refractivity contribution in [3.05, 3.63) is 28.8 Å². The van der Waals surface area contributed by atoms with Crippen LogP contribution >= 0.6 is 0 Å². The Balaban J connectivity index is 2.06. The number of hydrogen-bond donors (Lipinski definition) is 1. The first-order valence-electron chi connectivity index (χ1n) is 8.16. The van der Waals surface area contributed by atoms with Gasteiger partial charge in [-0.05, 0) is 39.2 Å². The first-order valence-corrected chi connectivity index (χ1v) is 9.64. The number of nitrogens with one attached hydrogen (secondary N) is 1. The molecule has 0 spiro atoms. The summed E-state index contributed by atoms with van der Waals surface area (Å²) in [7, 11) is -3.57. The van der Waals surface area contributed by atoms with Gasteiger partial charge in [0, 0.05) is 25.0 Å². The molecule has 2 aromatic heterocycles. The van der Waals surface area contributed by atoms with Gasteiger partial charge in [-0.1, -0.05) is 13.8 Å². The van der Waals surface area contributed by atoms with Crippen LogP contribution in [0, 0.1) is 33.6 Å². The van der Waals surface area contributed by atoms with E-state index in [0.717, 1.165) is 17.0 Å². The molecule has 0 aliphatic carbocycles. The van der Waals surface area contributed by atoms with Crippen molar-refractivity contribution < 1.29 is 8.42 Å². The number of hydrogen-bond acceptors (Lipinski definition) is 4. The van der Waals surface area contributed by atoms with E-state index in [-0.39, 0.29) is 4.90 Å². The van der Waals surface area contributed by atoms with E-state index in [9.17, 15) is 8.42 Å². The van der Waals surface area contributed by atoms with Gasteiger partial charge in [0.15, 0.2) is 0 Å². The molecule has 2 rings (SSSR count). The van der Waals surface area contributed by atoms with Gasteiger partial charge in [0.2, 0.25) is 10.0 Å². The Hall–Kier alpha value is -1.67. The summed E-state index contributed by atoms with van der Waals surface area (Å²) in [5.41, 5.74) is 3.70. The highest BCUT2D eigenvalue weighted by molar-refractivity contribution is 7.89. The molecule has 134 valence electrons. The van der Waals surface area contributed by atoms with Crippen molar-refractivity contribution in [1.82, 2.24) is 24.3 Å².